The average Bonchev–Trinajstić information content (AvgIpc) is 3.40. The maximum Gasteiger partial charge on any atom is 0.270 e. The van der Waals surface area contributed by atoms with Gasteiger partial charge in [-0.25, -0.2) is 8.42 Å². The lowest BCUT2D eigenvalue weighted by molar-refractivity contribution is -0.385. The summed E-state index contributed by atoms with van der Waals surface area (Å²) in [6, 6.07) is 5.58. The summed E-state index contributed by atoms with van der Waals surface area (Å²) in [5.74, 6) is 0.765. The Morgan fingerprint density at radius 2 is 1.97 bits per heavy atom. The number of aryl methyl sites for hydroxylation is 1. The number of furan rings is 1. The van der Waals surface area contributed by atoms with E-state index in [1.54, 1.807) is 13.0 Å². The van der Waals surface area contributed by atoms with Crippen LogP contribution in [-0.2, 0) is 10.0 Å². The maximum absolute atomic E-state index is 13.0. The van der Waals surface area contributed by atoms with Gasteiger partial charge in [0.25, 0.3) is 11.6 Å². The summed E-state index contributed by atoms with van der Waals surface area (Å²) in [6.45, 7) is 2.15. The normalized spacial score (nSPS) is 16.2. The quantitative estimate of drug-likeness (QED) is 0.456. The highest BCUT2D eigenvalue weighted by molar-refractivity contribution is 7.89. The number of aromatic nitrogens is 2. The minimum Gasteiger partial charge on any atom is -0.472 e. The van der Waals surface area contributed by atoms with Crippen LogP contribution < -0.4 is 0 Å². The molecule has 3 aromatic rings. The summed E-state index contributed by atoms with van der Waals surface area (Å²) in [5, 5.41) is 19.1. The third-order valence-electron chi connectivity index (χ3n) is 5.01. The number of benzene rings is 1. The zero-order chi connectivity index (χ0) is 20.6. The Hall–Kier alpha value is -3.05. The molecule has 2 aromatic heterocycles. The van der Waals surface area contributed by atoms with Crippen molar-refractivity contribution in [1.29, 1.82) is 0 Å². The van der Waals surface area contributed by atoms with E-state index in [1.165, 1.54) is 29.0 Å². The van der Waals surface area contributed by atoms with E-state index < -0.39 is 14.9 Å². The molecule has 0 amide bonds. The van der Waals surface area contributed by atoms with Crippen LogP contribution in [0.2, 0.25) is 0 Å². The van der Waals surface area contributed by atoms with Crippen molar-refractivity contribution in [3.05, 3.63) is 58.4 Å². The van der Waals surface area contributed by atoms with E-state index in [-0.39, 0.29) is 29.6 Å². The highest BCUT2D eigenvalue weighted by Gasteiger charge is 2.33. The van der Waals surface area contributed by atoms with Crippen molar-refractivity contribution in [2.24, 2.45) is 0 Å². The second kappa shape index (κ2) is 7.41. The van der Waals surface area contributed by atoms with Crippen LogP contribution in [0.1, 0.15) is 30.2 Å². The summed E-state index contributed by atoms with van der Waals surface area (Å²) in [6.07, 6.45) is 4.05. The van der Waals surface area contributed by atoms with Gasteiger partial charge in [-0.2, -0.15) is 4.31 Å². The Balaban J connectivity index is 1.49. The largest absolute Gasteiger partial charge is 0.472 e. The summed E-state index contributed by atoms with van der Waals surface area (Å²) in [5.41, 5.74) is 0.908. The van der Waals surface area contributed by atoms with Crippen LogP contribution in [-0.4, -0.2) is 40.9 Å². The molecule has 3 heterocycles. The number of sulfonamides is 1. The number of non-ortho nitro benzene ring substituents is 1. The van der Waals surface area contributed by atoms with Gasteiger partial charge in [-0.1, -0.05) is 6.07 Å². The number of hydrogen-bond donors (Lipinski definition) is 0. The van der Waals surface area contributed by atoms with Crippen LogP contribution in [0.15, 0.2) is 50.5 Å². The first-order valence-electron chi connectivity index (χ1n) is 8.97. The van der Waals surface area contributed by atoms with Gasteiger partial charge >= 0.3 is 0 Å². The smallest absolute Gasteiger partial charge is 0.270 e. The Morgan fingerprint density at radius 1 is 1.21 bits per heavy atom. The van der Waals surface area contributed by atoms with Crippen LogP contribution in [0.4, 0.5) is 5.69 Å². The zero-order valence-electron chi connectivity index (χ0n) is 15.5. The Labute approximate surface area is 166 Å². The molecule has 0 N–H and O–H groups in total. The predicted octanol–water partition coefficient (Wildman–Crippen LogP) is 3.11. The fourth-order valence-corrected chi connectivity index (χ4v) is 5.08. The molecule has 152 valence electrons. The van der Waals surface area contributed by atoms with E-state index in [0.717, 1.165) is 6.07 Å². The third-order valence-corrected chi connectivity index (χ3v) is 7.05. The fourth-order valence-electron chi connectivity index (χ4n) is 3.36. The number of nitro benzene ring substituents is 1. The van der Waals surface area contributed by atoms with Gasteiger partial charge < -0.3 is 8.83 Å². The molecule has 0 bridgehead atoms. The van der Waals surface area contributed by atoms with E-state index in [4.69, 9.17) is 8.83 Å². The molecule has 29 heavy (non-hydrogen) atoms. The van der Waals surface area contributed by atoms with Gasteiger partial charge in [-0.15, -0.1) is 10.2 Å². The van der Waals surface area contributed by atoms with Crippen molar-refractivity contribution in [3.8, 4) is 11.5 Å². The van der Waals surface area contributed by atoms with E-state index in [0.29, 0.717) is 35.7 Å². The standard InChI is InChI=1S/C18H18N4O6S/c1-12-2-3-15(22(23)24)10-16(12)29(25,26)21-7-4-13(5-8-21)17-19-20-18(28-17)14-6-9-27-11-14/h2-3,6,9-11,13H,4-5,7-8H2,1H3. The lowest BCUT2D eigenvalue weighted by atomic mass is 9.98. The molecule has 0 unspecified atom stereocenters. The minimum absolute atomic E-state index is 0.0369. The fraction of sp³-hybridized carbons (Fsp3) is 0.333. The molecule has 1 saturated heterocycles. The van der Waals surface area contributed by atoms with E-state index in [2.05, 4.69) is 10.2 Å². The molecule has 0 saturated carbocycles. The van der Waals surface area contributed by atoms with E-state index >= 15 is 0 Å². The summed E-state index contributed by atoms with van der Waals surface area (Å²) < 4.78 is 38.1. The van der Waals surface area contributed by atoms with Crippen molar-refractivity contribution in [3.63, 3.8) is 0 Å². The number of hydrogen-bond acceptors (Lipinski definition) is 8. The van der Waals surface area contributed by atoms with Gasteiger partial charge in [0.2, 0.25) is 15.9 Å². The average molecular weight is 418 g/mol. The van der Waals surface area contributed by atoms with Crippen molar-refractivity contribution in [2.45, 2.75) is 30.6 Å². The minimum atomic E-state index is -3.83. The van der Waals surface area contributed by atoms with Crippen molar-refractivity contribution in [1.82, 2.24) is 14.5 Å². The molecule has 10 nitrogen and oxygen atoms in total. The first kappa shape index (κ1) is 19.3. The number of rotatable bonds is 5. The topological polar surface area (TPSA) is 133 Å². The molecule has 1 fully saturated rings. The lowest BCUT2D eigenvalue weighted by Gasteiger charge is -2.30. The summed E-state index contributed by atoms with van der Waals surface area (Å²) in [4.78, 5) is 10.4. The molecule has 0 radical (unpaired) electrons. The summed E-state index contributed by atoms with van der Waals surface area (Å²) >= 11 is 0. The van der Waals surface area contributed by atoms with Crippen LogP contribution in [0.25, 0.3) is 11.5 Å². The van der Waals surface area contributed by atoms with Crippen molar-refractivity contribution < 1.29 is 22.2 Å². The van der Waals surface area contributed by atoms with E-state index in [1.807, 2.05) is 0 Å². The zero-order valence-corrected chi connectivity index (χ0v) is 16.3. The molecule has 11 heteroatoms. The molecular formula is C18H18N4O6S. The number of nitro groups is 1. The van der Waals surface area contributed by atoms with Gasteiger partial charge in [0.15, 0.2) is 0 Å². The molecule has 0 aliphatic carbocycles. The van der Waals surface area contributed by atoms with Crippen LogP contribution in [0.5, 0.6) is 0 Å². The Morgan fingerprint density at radius 3 is 2.62 bits per heavy atom. The second-order valence-corrected chi connectivity index (χ2v) is 8.75. The molecular weight excluding hydrogens is 400 g/mol. The monoisotopic (exact) mass is 418 g/mol. The van der Waals surface area contributed by atoms with Gasteiger partial charge in [0.1, 0.15) is 6.26 Å². The Kier molecular flexibility index (Phi) is 4.92. The predicted molar refractivity (Wildman–Crippen MR) is 101 cm³/mol. The molecule has 4 rings (SSSR count). The third kappa shape index (κ3) is 3.66. The second-order valence-electron chi connectivity index (χ2n) is 6.84. The molecule has 1 aliphatic heterocycles. The molecule has 0 spiro atoms. The number of piperidine rings is 1. The molecule has 0 atom stereocenters. The van der Waals surface area contributed by atoms with Crippen molar-refractivity contribution >= 4 is 15.7 Å². The van der Waals surface area contributed by atoms with Gasteiger partial charge in [0.05, 0.1) is 21.6 Å². The molecule has 1 aromatic carbocycles. The summed E-state index contributed by atoms with van der Waals surface area (Å²) in [7, 11) is -3.83. The van der Waals surface area contributed by atoms with Crippen LogP contribution in [0.3, 0.4) is 0 Å². The highest BCUT2D eigenvalue weighted by atomic mass is 32.2. The van der Waals surface area contributed by atoms with Gasteiger partial charge in [-0.3, -0.25) is 10.1 Å². The maximum atomic E-state index is 13.0. The van der Waals surface area contributed by atoms with Crippen LogP contribution in [0, 0.1) is 17.0 Å². The first-order chi connectivity index (χ1) is 13.9. The highest BCUT2D eigenvalue weighted by Crippen LogP contribution is 2.33. The SMILES string of the molecule is Cc1ccc([N+](=O)[O-])cc1S(=O)(=O)N1CCC(c2nnc(-c3ccoc3)o2)CC1. The molecule has 1 aliphatic rings. The van der Waals surface area contributed by atoms with Crippen molar-refractivity contribution in [2.75, 3.05) is 13.1 Å². The lowest BCUT2D eigenvalue weighted by Crippen LogP contribution is -2.38. The Bertz CT molecular complexity index is 1130. The van der Waals surface area contributed by atoms with Crippen LogP contribution >= 0.6 is 0 Å². The van der Waals surface area contributed by atoms with Gasteiger partial charge in [-0.05, 0) is 31.4 Å². The first-order valence-corrected chi connectivity index (χ1v) is 10.4. The van der Waals surface area contributed by atoms with E-state index in [9.17, 15) is 18.5 Å². The van der Waals surface area contributed by atoms with Gasteiger partial charge in [0, 0.05) is 31.1 Å². The number of nitrogens with zero attached hydrogens (tertiary/aromatic N) is 4.